The molecule has 0 aliphatic carbocycles. The molecule has 3 aromatic rings. The van der Waals surface area contributed by atoms with Crippen molar-refractivity contribution in [3.8, 4) is 11.4 Å². The molecule has 0 spiro atoms. The molecule has 2 heterocycles. The normalized spacial score (nSPS) is 11.3. The predicted octanol–water partition coefficient (Wildman–Crippen LogP) is 3.14. The predicted molar refractivity (Wildman–Crippen MR) is 86.0 cm³/mol. The number of benzene rings is 1. The Balaban J connectivity index is 2.04. The highest BCUT2D eigenvalue weighted by molar-refractivity contribution is 7.71. The van der Waals surface area contributed by atoms with Crippen molar-refractivity contribution in [2.75, 3.05) is 0 Å². The van der Waals surface area contributed by atoms with Crippen molar-refractivity contribution in [1.29, 1.82) is 0 Å². The van der Waals surface area contributed by atoms with Gasteiger partial charge in [-0.25, -0.2) is 5.10 Å². The van der Waals surface area contributed by atoms with Crippen LogP contribution in [0.25, 0.3) is 11.4 Å². The summed E-state index contributed by atoms with van der Waals surface area (Å²) in [6.45, 7) is 2.04. The van der Waals surface area contributed by atoms with E-state index in [4.69, 9.17) is 12.2 Å². The minimum Gasteiger partial charge on any atom is -0.350 e. The van der Waals surface area contributed by atoms with Crippen LogP contribution >= 0.6 is 12.2 Å². The number of aromatic nitrogens is 4. The fourth-order valence-corrected chi connectivity index (χ4v) is 2.27. The minimum atomic E-state index is 0.469. The van der Waals surface area contributed by atoms with Gasteiger partial charge in [-0.15, -0.1) is 0 Å². The number of hydrogen-bond acceptors (Lipinski definition) is 3. The minimum absolute atomic E-state index is 0.469. The molecule has 0 amide bonds. The molecule has 2 aromatic heterocycles. The fourth-order valence-electron chi connectivity index (χ4n) is 2.10. The summed E-state index contributed by atoms with van der Waals surface area (Å²) < 4.78 is 4.09. The Bertz CT molecular complexity index is 853. The molecule has 0 aliphatic heterocycles. The highest BCUT2D eigenvalue weighted by atomic mass is 32.1. The highest BCUT2D eigenvalue weighted by Gasteiger charge is 2.08. The number of nitrogens with one attached hydrogen (secondary N) is 1. The summed E-state index contributed by atoms with van der Waals surface area (Å²) in [4.78, 5) is 0. The lowest BCUT2D eigenvalue weighted by atomic mass is 10.1. The van der Waals surface area contributed by atoms with Crippen LogP contribution < -0.4 is 0 Å². The van der Waals surface area contributed by atoms with Crippen molar-refractivity contribution in [2.45, 2.75) is 6.92 Å². The van der Waals surface area contributed by atoms with E-state index in [1.54, 1.807) is 10.9 Å². The standard InChI is InChI=1S/C15H15N5S/c1-11-5-3-6-12(9-11)14-17-18-15(21)20(14)16-10-13-7-4-8-19(13)2/h3-10H,1-2H3,(H,18,21)/b16-10+. The Kier molecular flexibility index (Phi) is 3.53. The lowest BCUT2D eigenvalue weighted by Crippen LogP contribution is -1.98. The van der Waals surface area contributed by atoms with Gasteiger partial charge in [-0.3, -0.25) is 0 Å². The van der Waals surface area contributed by atoms with Gasteiger partial charge in [0.2, 0.25) is 4.77 Å². The van der Waals surface area contributed by atoms with Crippen LogP contribution in [0.4, 0.5) is 0 Å². The molecular formula is C15H15N5S. The number of rotatable bonds is 3. The second kappa shape index (κ2) is 5.49. The van der Waals surface area contributed by atoms with Crippen LogP contribution in [0.5, 0.6) is 0 Å². The van der Waals surface area contributed by atoms with Crippen LogP contribution in [0.15, 0.2) is 47.7 Å². The van der Waals surface area contributed by atoms with Gasteiger partial charge in [0.15, 0.2) is 5.82 Å². The third kappa shape index (κ3) is 2.71. The number of nitrogens with zero attached hydrogens (tertiary/aromatic N) is 4. The zero-order valence-electron chi connectivity index (χ0n) is 11.8. The number of hydrogen-bond donors (Lipinski definition) is 1. The molecule has 21 heavy (non-hydrogen) atoms. The fraction of sp³-hybridized carbons (Fsp3) is 0.133. The lowest BCUT2D eigenvalue weighted by Gasteiger charge is -2.02. The SMILES string of the molecule is Cc1cccc(-c2n[nH]c(=S)n2/N=C/c2cccn2C)c1. The zero-order valence-corrected chi connectivity index (χ0v) is 12.6. The maximum Gasteiger partial charge on any atom is 0.216 e. The average molecular weight is 297 g/mol. The Morgan fingerprint density at radius 1 is 1.29 bits per heavy atom. The van der Waals surface area contributed by atoms with E-state index in [1.807, 2.05) is 55.1 Å². The third-order valence-corrected chi connectivity index (χ3v) is 3.48. The van der Waals surface area contributed by atoms with Crippen LogP contribution in [0.1, 0.15) is 11.3 Å². The van der Waals surface area contributed by atoms with E-state index in [1.165, 1.54) is 5.56 Å². The van der Waals surface area contributed by atoms with Crippen molar-refractivity contribution >= 4 is 18.4 Å². The van der Waals surface area contributed by atoms with E-state index >= 15 is 0 Å². The topological polar surface area (TPSA) is 50.9 Å². The van der Waals surface area contributed by atoms with Crippen LogP contribution in [0.3, 0.4) is 0 Å². The van der Waals surface area contributed by atoms with E-state index in [0.717, 1.165) is 11.3 Å². The van der Waals surface area contributed by atoms with Crippen molar-refractivity contribution in [1.82, 2.24) is 19.4 Å². The van der Waals surface area contributed by atoms with Gasteiger partial charge in [0.25, 0.3) is 0 Å². The lowest BCUT2D eigenvalue weighted by molar-refractivity contribution is 0.862. The summed E-state index contributed by atoms with van der Waals surface area (Å²) in [5.74, 6) is 0.703. The summed E-state index contributed by atoms with van der Waals surface area (Å²) in [6.07, 6.45) is 3.74. The van der Waals surface area contributed by atoms with Gasteiger partial charge in [-0.1, -0.05) is 23.8 Å². The van der Waals surface area contributed by atoms with E-state index in [2.05, 4.69) is 21.4 Å². The quantitative estimate of drug-likeness (QED) is 0.596. The molecule has 0 saturated heterocycles. The first-order valence-electron chi connectivity index (χ1n) is 6.55. The molecule has 106 valence electrons. The summed E-state index contributed by atoms with van der Waals surface area (Å²) in [5.41, 5.74) is 3.14. The van der Waals surface area contributed by atoms with Gasteiger partial charge in [0, 0.05) is 18.8 Å². The first-order chi connectivity index (χ1) is 10.1. The van der Waals surface area contributed by atoms with Gasteiger partial charge in [0.05, 0.1) is 11.9 Å². The Morgan fingerprint density at radius 3 is 2.86 bits per heavy atom. The van der Waals surface area contributed by atoms with Gasteiger partial charge in [0.1, 0.15) is 0 Å². The molecule has 1 aromatic carbocycles. The second-order valence-corrected chi connectivity index (χ2v) is 5.21. The summed E-state index contributed by atoms with van der Waals surface area (Å²) >= 11 is 5.26. The molecule has 0 saturated carbocycles. The molecular weight excluding hydrogens is 282 g/mol. The van der Waals surface area contributed by atoms with Crippen molar-refractivity contribution in [3.05, 3.63) is 58.6 Å². The summed E-state index contributed by atoms with van der Waals surface area (Å²) in [7, 11) is 1.97. The molecule has 0 bridgehead atoms. The van der Waals surface area contributed by atoms with Gasteiger partial charge in [-0.05, 0) is 37.3 Å². The molecule has 5 nitrogen and oxygen atoms in total. The van der Waals surface area contributed by atoms with Crippen molar-refractivity contribution in [3.63, 3.8) is 0 Å². The monoisotopic (exact) mass is 297 g/mol. The van der Waals surface area contributed by atoms with Crippen LogP contribution in [-0.4, -0.2) is 25.7 Å². The van der Waals surface area contributed by atoms with Crippen molar-refractivity contribution in [2.24, 2.45) is 12.1 Å². The molecule has 0 unspecified atom stereocenters. The van der Waals surface area contributed by atoms with Gasteiger partial charge < -0.3 is 4.57 Å². The molecule has 0 fully saturated rings. The van der Waals surface area contributed by atoms with Crippen LogP contribution in [0.2, 0.25) is 0 Å². The smallest absolute Gasteiger partial charge is 0.216 e. The molecule has 0 radical (unpaired) electrons. The maximum absolute atomic E-state index is 5.26. The summed E-state index contributed by atoms with van der Waals surface area (Å²) in [6, 6.07) is 12.0. The van der Waals surface area contributed by atoms with Gasteiger partial charge >= 0.3 is 0 Å². The van der Waals surface area contributed by atoms with Gasteiger partial charge in [-0.2, -0.15) is 14.9 Å². The number of aromatic amines is 1. The summed E-state index contributed by atoms with van der Waals surface area (Å²) in [5, 5.41) is 11.5. The second-order valence-electron chi connectivity index (χ2n) is 4.82. The molecule has 6 heteroatoms. The Morgan fingerprint density at radius 2 is 2.14 bits per heavy atom. The van der Waals surface area contributed by atoms with E-state index < -0.39 is 0 Å². The number of H-pyrrole nitrogens is 1. The Hall–Kier alpha value is -2.47. The van der Waals surface area contributed by atoms with E-state index in [0.29, 0.717) is 10.6 Å². The molecule has 3 rings (SSSR count). The molecule has 1 N–H and O–H groups in total. The maximum atomic E-state index is 5.26. The van der Waals surface area contributed by atoms with Crippen LogP contribution in [0, 0.1) is 11.7 Å². The number of aryl methyl sites for hydroxylation is 2. The first-order valence-corrected chi connectivity index (χ1v) is 6.96. The van der Waals surface area contributed by atoms with E-state index in [9.17, 15) is 0 Å². The first kappa shape index (κ1) is 13.5. The van der Waals surface area contributed by atoms with E-state index in [-0.39, 0.29) is 0 Å². The third-order valence-electron chi connectivity index (χ3n) is 3.22. The van der Waals surface area contributed by atoms with Crippen molar-refractivity contribution < 1.29 is 0 Å². The largest absolute Gasteiger partial charge is 0.350 e. The zero-order chi connectivity index (χ0) is 14.8. The molecule has 0 aliphatic rings. The molecule has 0 atom stereocenters. The average Bonchev–Trinajstić information content (AvgIpc) is 3.03. The Labute approximate surface area is 127 Å². The van der Waals surface area contributed by atoms with Crippen LogP contribution in [-0.2, 0) is 7.05 Å². The highest BCUT2D eigenvalue weighted by Crippen LogP contribution is 2.18.